The maximum Gasteiger partial charge on any atom is 0.387 e. The number of ether oxygens (including phenoxy) is 1. The van der Waals surface area contributed by atoms with Crippen molar-refractivity contribution in [2.24, 2.45) is 0 Å². The van der Waals surface area contributed by atoms with E-state index in [0.29, 0.717) is 25.1 Å². The highest BCUT2D eigenvalue weighted by Gasteiger charge is 2.32. The summed E-state index contributed by atoms with van der Waals surface area (Å²) >= 11 is 0. The molecule has 1 N–H and O–H groups in total. The zero-order valence-corrected chi connectivity index (χ0v) is 15.1. The standard InChI is InChI=1S/C21H20F2N2O3/c22-21(23)28-17-9-6-15(7-10-17)8-11-19(26)24-18-12-13-25(20(18)27)14-16-4-2-1-3-5-16/h1-11,18,21H,12-14H2,(H,24,26)/b11-8-/t18-/m0/s1. The minimum Gasteiger partial charge on any atom is -0.435 e. The predicted octanol–water partition coefficient (Wildman–Crippen LogP) is 3.22. The van der Waals surface area contributed by atoms with Gasteiger partial charge in [0.1, 0.15) is 11.8 Å². The van der Waals surface area contributed by atoms with Crippen molar-refractivity contribution in [1.82, 2.24) is 10.2 Å². The van der Waals surface area contributed by atoms with Gasteiger partial charge < -0.3 is 15.0 Å². The molecule has 1 aliphatic heterocycles. The summed E-state index contributed by atoms with van der Waals surface area (Å²) in [6, 6.07) is 15.1. The maximum atomic E-state index is 12.5. The van der Waals surface area contributed by atoms with E-state index in [1.165, 1.54) is 18.2 Å². The normalized spacial score (nSPS) is 16.8. The lowest BCUT2D eigenvalue weighted by Crippen LogP contribution is -2.40. The van der Waals surface area contributed by atoms with Crippen LogP contribution in [-0.4, -0.2) is 35.9 Å². The summed E-state index contributed by atoms with van der Waals surface area (Å²) in [5, 5.41) is 2.71. The lowest BCUT2D eigenvalue weighted by Gasteiger charge is -2.17. The molecule has 1 aliphatic rings. The Morgan fingerprint density at radius 2 is 1.89 bits per heavy atom. The topological polar surface area (TPSA) is 58.6 Å². The smallest absolute Gasteiger partial charge is 0.387 e. The van der Waals surface area contributed by atoms with Crippen LogP contribution in [0.1, 0.15) is 17.5 Å². The van der Waals surface area contributed by atoms with Gasteiger partial charge in [-0.3, -0.25) is 9.59 Å². The number of nitrogens with one attached hydrogen (secondary N) is 1. The van der Waals surface area contributed by atoms with Crippen LogP contribution in [0.25, 0.3) is 6.08 Å². The SMILES string of the molecule is O=C(/C=C\c1ccc(OC(F)F)cc1)N[C@H]1CCN(Cc2ccccc2)C1=O. The maximum absolute atomic E-state index is 12.5. The van der Waals surface area contributed by atoms with Gasteiger partial charge >= 0.3 is 6.61 Å². The Hall–Kier alpha value is -3.22. The summed E-state index contributed by atoms with van der Waals surface area (Å²) in [7, 11) is 0. The Bertz CT molecular complexity index is 838. The molecule has 3 rings (SSSR count). The molecule has 0 saturated carbocycles. The highest BCUT2D eigenvalue weighted by Crippen LogP contribution is 2.17. The van der Waals surface area contributed by atoms with Crippen LogP contribution in [0.4, 0.5) is 8.78 Å². The fraction of sp³-hybridized carbons (Fsp3) is 0.238. The van der Waals surface area contributed by atoms with Gasteiger partial charge in [0.15, 0.2) is 0 Å². The number of hydrogen-bond donors (Lipinski definition) is 1. The van der Waals surface area contributed by atoms with E-state index in [1.807, 2.05) is 30.3 Å². The first-order valence-electron chi connectivity index (χ1n) is 8.87. The zero-order valence-electron chi connectivity index (χ0n) is 15.1. The molecule has 1 saturated heterocycles. The largest absolute Gasteiger partial charge is 0.435 e. The van der Waals surface area contributed by atoms with Crippen LogP contribution < -0.4 is 10.1 Å². The number of carbonyl (C=O) groups is 2. The third kappa shape index (κ3) is 5.39. The molecule has 0 bridgehead atoms. The Kier molecular flexibility index (Phi) is 6.37. The summed E-state index contributed by atoms with van der Waals surface area (Å²) in [4.78, 5) is 26.3. The van der Waals surface area contributed by atoms with Crippen molar-refractivity contribution in [2.75, 3.05) is 6.54 Å². The minimum atomic E-state index is -2.88. The van der Waals surface area contributed by atoms with Gasteiger partial charge in [0.25, 0.3) is 0 Å². The molecule has 0 radical (unpaired) electrons. The van der Waals surface area contributed by atoms with Crippen LogP contribution in [0.3, 0.4) is 0 Å². The second-order valence-corrected chi connectivity index (χ2v) is 6.38. The first-order chi connectivity index (χ1) is 13.5. The Balaban J connectivity index is 1.50. The number of carbonyl (C=O) groups excluding carboxylic acids is 2. The molecule has 0 aliphatic carbocycles. The number of rotatable bonds is 7. The molecule has 5 nitrogen and oxygen atoms in total. The minimum absolute atomic E-state index is 0.0478. The van der Waals surface area contributed by atoms with E-state index >= 15 is 0 Å². The summed E-state index contributed by atoms with van der Waals surface area (Å²) in [5.41, 5.74) is 1.70. The van der Waals surface area contributed by atoms with Gasteiger partial charge in [0, 0.05) is 19.2 Å². The summed E-state index contributed by atoms with van der Waals surface area (Å²) in [6.07, 6.45) is 3.42. The molecule has 28 heavy (non-hydrogen) atoms. The lowest BCUT2D eigenvalue weighted by atomic mass is 10.2. The zero-order chi connectivity index (χ0) is 19.9. The average Bonchev–Trinajstić information content (AvgIpc) is 3.01. The van der Waals surface area contributed by atoms with E-state index in [0.717, 1.165) is 5.56 Å². The van der Waals surface area contributed by atoms with E-state index in [1.54, 1.807) is 23.1 Å². The van der Waals surface area contributed by atoms with Gasteiger partial charge in [-0.15, -0.1) is 0 Å². The summed E-state index contributed by atoms with van der Waals surface area (Å²) in [5.74, 6) is -0.432. The molecular formula is C21H20F2N2O3. The monoisotopic (exact) mass is 386 g/mol. The van der Waals surface area contributed by atoms with Crippen LogP contribution >= 0.6 is 0 Å². The van der Waals surface area contributed by atoms with Gasteiger partial charge in [0.05, 0.1) is 0 Å². The van der Waals surface area contributed by atoms with Crippen LogP contribution in [-0.2, 0) is 16.1 Å². The first kappa shape index (κ1) is 19.5. The first-order valence-corrected chi connectivity index (χ1v) is 8.87. The van der Waals surface area contributed by atoms with Crippen molar-refractivity contribution < 1.29 is 23.1 Å². The predicted molar refractivity (Wildman–Crippen MR) is 101 cm³/mol. The van der Waals surface area contributed by atoms with Gasteiger partial charge in [-0.05, 0) is 35.8 Å². The molecule has 2 amide bonds. The number of amides is 2. The number of benzene rings is 2. The van der Waals surface area contributed by atoms with Crippen molar-refractivity contribution >= 4 is 17.9 Å². The van der Waals surface area contributed by atoms with Crippen molar-refractivity contribution in [1.29, 1.82) is 0 Å². The van der Waals surface area contributed by atoms with E-state index in [2.05, 4.69) is 10.1 Å². The van der Waals surface area contributed by atoms with Crippen molar-refractivity contribution in [3.05, 3.63) is 71.8 Å². The third-order valence-electron chi connectivity index (χ3n) is 4.36. The van der Waals surface area contributed by atoms with E-state index in [4.69, 9.17) is 0 Å². The quantitative estimate of drug-likeness (QED) is 0.744. The second-order valence-electron chi connectivity index (χ2n) is 6.38. The van der Waals surface area contributed by atoms with Crippen LogP contribution in [0.5, 0.6) is 5.75 Å². The molecule has 0 spiro atoms. The molecule has 2 aromatic rings. The molecule has 0 unspecified atom stereocenters. The summed E-state index contributed by atoms with van der Waals surface area (Å²) < 4.78 is 28.5. The highest BCUT2D eigenvalue weighted by molar-refractivity contribution is 5.96. The average molecular weight is 386 g/mol. The van der Waals surface area contributed by atoms with Crippen LogP contribution in [0.15, 0.2) is 60.7 Å². The van der Waals surface area contributed by atoms with E-state index < -0.39 is 12.7 Å². The lowest BCUT2D eigenvalue weighted by molar-refractivity contribution is -0.132. The van der Waals surface area contributed by atoms with Gasteiger partial charge in [0.2, 0.25) is 11.8 Å². The van der Waals surface area contributed by atoms with Gasteiger partial charge in [-0.2, -0.15) is 8.78 Å². The number of alkyl halides is 2. The van der Waals surface area contributed by atoms with Gasteiger partial charge in [-0.25, -0.2) is 0 Å². The Labute approximate surface area is 161 Å². The highest BCUT2D eigenvalue weighted by atomic mass is 19.3. The molecule has 1 atom stereocenters. The van der Waals surface area contributed by atoms with Crippen molar-refractivity contribution in [3.63, 3.8) is 0 Å². The molecule has 1 fully saturated rings. The molecule has 1 heterocycles. The Morgan fingerprint density at radius 3 is 2.57 bits per heavy atom. The van der Waals surface area contributed by atoms with Crippen LogP contribution in [0, 0.1) is 0 Å². The fourth-order valence-corrected chi connectivity index (χ4v) is 2.99. The van der Waals surface area contributed by atoms with Gasteiger partial charge in [-0.1, -0.05) is 42.5 Å². The third-order valence-corrected chi connectivity index (χ3v) is 4.36. The fourth-order valence-electron chi connectivity index (χ4n) is 2.99. The molecule has 0 aromatic heterocycles. The van der Waals surface area contributed by atoms with Crippen LogP contribution in [0.2, 0.25) is 0 Å². The Morgan fingerprint density at radius 1 is 1.18 bits per heavy atom. The summed E-state index contributed by atoms with van der Waals surface area (Å²) in [6.45, 7) is -1.76. The number of hydrogen-bond acceptors (Lipinski definition) is 3. The molecule has 2 aromatic carbocycles. The number of likely N-dealkylation sites (tertiary alicyclic amines) is 1. The van der Waals surface area contributed by atoms with Crippen molar-refractivity contribution in [3.8, 4) is 5.75 Å². The van der Waals surface area contributed by atoms with E-state index in [-0.39, 0.29) is 17.6 Å². The molecule has 7 heteroatoms. The van der Waals surface area contributed by atoms with Crippen molar-refractivity contribution in [2.45, 2.75) is 25.6 Å². The molecular weight excluding hydrogens is 366 g/mol. The number of halogens is 2. The van der Waals surface area contributed by atoms with E-state index in [9.17, 15) is 18.4 Å². The second kappa shape index (κ2) is 9.12. The molecule has 146 valence electrons. The number of nitrogens with zero attached hydrogens (tertiary/aromatic N) is 1.